The average Bonchev–Trinajstić information content (AvgIpc) is 2.54. The minimum absolute atomic E-state index is 0.0392. The van der Waals surface area contributed by atoms with Crippen LogP contribution in [0.25, 0.3) is 6.08 Å². The van der Waals surface area contributed by atoms with Crippen molar-refractivity contribution in [2.75, 3.05) is 0 Å². The van der Waals surface area contributed by atoms with Crippen molar-refractivity contribution in [2.24, 2.45) is 0 Å². The molecule has 0 bridgehead atoms. The number of fused-ring (bicyclic) bond motifs is 1. The van der Waals surface area contributed by atoms with Crippen molar-refractivity contribution < 1.29 is 27.8 Å². The molecule has 1 heterocycles. The second kappa shape index (κ2) is 6.44. The lowest BCUT2D eigenvalue weighted by Crippen LogP contribution is -2.40. The Kier molecular flexibility index (Phi) is 4.47. The minimum Gasteiger partial charge on any atom is -0.478 e. The molecule has 1 N–H and O–H groups in total. The van der Waals surface area contributed by atoms with E-state index in [1.165, 1.54) is 12.1 Å². The van der Waals surface area contributed by atoms with Gasteiger partial charge in [-0.25, -0.2) is 4.79 Å². The molecule has 2 aromatic rings. The summed E-state index contributed by atoms with van der Waals surface area (Å²) in [5.41, 5.74) is 0.876. The first-order chi connectivity index (χ1) is 11.8. The zero-order chi connectivity index (χ0) is 18.2. The van der Waals surface area contributed by atoms with Crippen LogP contribution in [0.1, 0.15) is 16.7 Å². The van der Waals surface area contributed by atoms with Crippen molar-refractivity contribution in [2.45, 2.75) is 18.7 Å². The maximum absolute atomic E-state index is 13.1. The molecule has 1 aliphatic heterocycles. The molecule has 0 fully saturated rings. The molecule has 130 valence electrons. The first kappa shape index (κ1) is 17.4. The fourth-order valence-corrected chi connectivity index (χ4v) is 2.87. The van der Waals surface area contributed by atoms with Gasteiger partial charge >= 0.3 is 12.1 Å². The first-order valence-electron chi connectivity index (χ1n) is 7.30. The molecule has 0 spiro atoms. The van der Waals surface area contributed by atoms with E-state index < -0.39 is 23.8 Å². The van der Waals surface area contributed by atoms with Crippen LogP contribution in [0.3, 0.4) is 0 Å². The standard InChI is InChI=1S/C18H12ClF3O3/c19-14-8-12-7-13(17(23)24)16(18(20,21)22)25-15(12)9-11(14)6-10-4-2-1-3-5-10/h1-5,7-9,16H,6H2,(H,23,24). The van der Waals surface area contributed by atoms with Crippen LogP contribution in [0, 0.1) is 0 Å². The van der Waals surface area contributed by atoms with Gasteiger partial charge in [0, 0.05) is 10.6 Å². The Bertz CT molecular complexity index is 845. The highest BCUT2D eigenvalue weighted by atomic mass is 35.5. The fraction of sp³-hybridized carbons (Fsp3) is 0.167. The third kappa shape index (κ3) is 3.64. The van der Waals surface area contributed by atoms with Crippen LogP contribution < -0.4 is 4.74 Å². The zero-order valence-electron chi connectivity index (χ0n) is 12.7. The molecule has 7 heteroatoms. The predicted octanol–water partition coefficient (Wildman–Crippen LogP) is 4.72. The third-order valence-electron chi connectivity index (χ3n) is 3.80. The largest absolute Gasteiger partial charge is 0.478 e. The number of hydrogen-bond donors (Lipinski definition) is 1. The quantitative estimate of drug-likeness (QED) is 0.852. The molecule has 3 rings (SSSR count). The molecule has 0 aliphatic carbocycles. The highest BCUT2D eigenvalue weighted by Gasteiger charge is 2.48. The van der Waals surface area contributed by atoms with E-state index in [9.17, 15) is 18.0 Å². The van der Waals surface area contributed by atoms with E-state index in [0.717, 1.165) is 11.6 Å². The number of aliphatic carboxylic acids is 1. The number of carbonyl (C=O) groups is 1. The van der Waals surface area contributed by atoms with Gasteiger partial charge in [0.05, 0.1) is 5.57 Å². The molecule has 0 amide bonds. The normalized spacial score (nSPS) is 16.6. The molecule has 1 atom stereocenters. The molecular weight excluding hydrogens is 357 g/mol. The molecule has 0 radical (unpaired) electrons. The molecule has 3 nitrogen and oxygen atoms in total. The molecule has 0 saturated heterocycles. The molecular formula is C18H12ClF3O3. The lowest BCUT2D eigenvalue weighted by Gasteiger charge is -2.27. The van der Waals surface area contributed by atoms with Gasteiger partial charge in [-0.05, 0) is 35.8 Å². The van der Waals surface area contributed by atoms with Crippen molar-refractivity contribution in [3.05, 3.63) is 69.8 Å². The van der Waals surface area contributed by atoms with Gasteiger partial charge in [0.2, 0.25) is 6.10 Å². The van der Waals surface area contributed by atoms with E-state index in [-0.39, 0.29) is 11.3 Å². The third-order valence-corrected chi connectivity index (χ3v) is 4.15. The highest BCUT2D eigenvalue weighted by molar-refractivity contribution is 6.31. The zero-order valence-corrected chi connectivity index (χ0v) is 13.4. The molecule has 25 heavy (non-hydrogen) atoms. The summed E-state index contributed by atoms with van der Waals surface area (Å²) in [6.45, 7) is 0. The predicted molar refractivity (Wildman–Crippen MR) is 86.8 cm³/mol. The van der Waals surface area contributed by atoms with Crippen LogP contribution in [0.4, 0.5) is 13.2 Å². The van der Waals surface area contributed by atoms with Crippen LogP contribution in [-0.2, 0) is 11.2 Å². The SMILES string of the molecule is O=C(O)C1=Cc2cc(Cl)c(Cc3ccccc3)cc2OC1C(F)(F)F. The van der Waals surface area contributed by atoms with E-state index >= 15 is 0 Å². The van der Waals surface area contributed by atoms with Gasteiger partial charge in [-0.1, -0.05) is 41.9 Å². The average molecular weight is 369 g/mol. The summed E-state index contributed by atoms with van der Waals surface area (Å²) in [6.07, 6.45) is -5.97. The highest BCUT2D eigenvalue weighted by Crippen LogP contribution is 2.39. The Balaban J connectivity index is 2.02. The summed E-state index contributed by atoms with van der Waals surface area (Å²) in [5, 5.41) is 9.37. The topological polar surface area (TPSA) is 46.5 Å². The lowest BCUT2D eigenvalue weighted by atomic mass is 9.97. The summed E-state index contributed by atoms with van der Waals surface area (Å²) < 4.78 is 44.3. The smallest absolute Gasteiger partial charge is 0.430 e. The van der Waals surface area contributed by atoms with E-state index in [2.05, 4.69) is 0 Å². The summed E-state index contributed by atoms with van der Waals surface area (Å²) in [7, 11) is 0. The van der Waals surface area contributed by atoms with Crippen molar-refractivity contribution in [3.8, 4) is 5.75 Å². The van der Waals surface area contributed by atoms with Crippen molar-refractivity contribution in [3.63, 3.8) is 0 Å². The number of hydrogen-bond acceptors (Lipinski definition) is 2. The first-order valence-corrected chi connectivity index (χ1v) is 7.68. The van der Waals surface area contributed by atoms with Crippen LogP contribution in [0.5, 0.6) is 5.75 Å². The summed E-state index contributed by atoms with van der Waals surface area (Å²) in [6, 6.07) is 12.1. The number of alkyl halides is 3. The molecule has 2 aromatic carbocycles. The van der Waals surface area contributed by atoms with E-state index in [4.69, 9.17) is 21.4 Å². The Morgan fingerprint density at radius 2 is 1.88 bits per heavy atom. The Morgan fingerprint density at radius 3 is 2.48 bits per heavy atom. The van der Waals surface area contributed by atoms with Crippen molar-refractivity contribution in [1.29, 1.82) is 0 Å². The van der Waals surface area contributed by atoms with Crippen molar-refractivity contribution >= 4 is 23.6 Å². The van der Waals surface area contributed by atoms with E-state index in [1.807, 2.05) is 30.3 Å². The maximum Gasteiger partial charge on any atom is 0.430 e. The number of carboxylic acids is 1. The van der Waals surface area contributed by atoms with Gasteiger partial charge in [0.1, 0.15) is 5.75 Å². The minimum atomic E-state index is -4.83. The number of carboxylic acid groups (broad SMARTS) is 1. The van der Waals surface area contributed by atoms with Crippen LogP contribution in [-0.4, -0.2) is 23.4 Å². The number of rotatable bonds is 3. The van der Waals surface area contributed by atoms with Gasteiger partial charge in [-0.15, -0.1) is 0 Å². The second-order valence-electron chi connectivity index (χ2n) is 5.59. The van der Waals surface area contributed by atoms with E-state index in [0.29, 0.717) is 17.0 Å². The molecule has 0 aromatic heterocycles. The number of halogens is 4. The van der Waals surface area contributed by atoms with Gasteiger partial charge in [0.25, 0.3) is 0 Å². The fourth-order valence-electron chi connectivity index (χ4n) is 2.63. The maximum atomic E-state index is 13.1. The second-order valence-corrected chi connectivity index (χ2v) is 6.00. The lowest BCUT2D eigenvalue weighted by molar-refractivity contribution is -0.187. The van der Waals surface area contributed by atoms with Gasteiger partial charge in [-0.3, -0.25) is 0 Å². The number of ether oxygens (including phenoxy) is 1. The van der Waals surface area contributed by atoms with Gasteiger partial charge in [-0.2, -0.15) is 13.2 Å². The Hall–Kier alpha value is -2.47. The molecule has 1 aliphatic rings. The van der Waals surface area contributed by atoms with Crippen LogP contribution in [0.2, 0.25) is 5.02 Å². The Labute approximate surface area is 146 Å². The Morgan fingerprint density at radius 1 is 1.20 bits per heavy atom. The summed E-state index contributed by atoms with van der Waals surface area (Å²) in [4.78, 5) is 11.1. The summed E-state index contributed by atoms with van der Waals surface area (Å²) >= 11 is 6.21. The van der Waals surface area contributed by atoms with Crippen LogP contribution >= 0.6 is 11.6 Å². The number of benzene rings is 2. The van der Waals surface area contributed by atoms with Crippen LogP contribution in [0.15, 0.2) is 48.0 Å². The van der Waals surface area contributed by atoms with E-state index in [1.54, 1.807) is 0 Å². The summed E-state index contributed by atoms with van der Waals surface area (Å²) in [5.74, 6) is -1.72. The monoisotopic (exact) mass is 368 g/mol. The van der Waals surface area contributed by atoms with Gasteiger partial charge in [0.15, 0.2) is 0 Å². The molecule has 1 unspecified atom stereocenters. The van der Waals surface area contributed by atoms with Crippen molar-refractivity contribution in [1.82, 2.24) is 0 Å². The van der Waals surface area contributed by atoms with Gasteiger partial charge < -0.3 is 9.84 Å². The molecule has 0 saturated carbocycles.